The molecule has 1 atom stereocenters. The number of ether oxygens (including phenoxy) is 1. The van der Waals surface area contributed by atoms with E-state index in [0.717, 1.165) is 29.2 Å². The molecule has 2 heterocycles. The zero-order chi connectivity index (χ0) is 13.9. The normalized spacial score (nSPS) is 18.1. The maximum absolute atomic E-state index is 10.8. The van der Waals surface area contributed by atoms with Gasteiger partial charge >= 0.3 is 5.97 Å². The van der Waals surface area contributed by atoms with Crippen molar-refractivity contribution in [2.24, 2.45) is 0 Å². The summed E-state index contributed by atoms with van der Waals surface area (Å²) in [5.74, 6) is 1.95. The second-order valence-electron chi connectivity index (χ2n) is 4.60. The Labute approximate surface area is 120 Å². The number of benzene rings is 1. The molecular formula is C14H14N2O3S. The topological polar surface area (TPSA) is 75.2 Å². The van der Waals surface area contributed by atoms with Gasteiger partial charge in [0.15, 0.2) is 0 Å². The van der Waals surface area contributed by atoms with Gasteiger partial charge in [-0.2, -0.15) is 16.9 Å². The molecule has 0 spiro atoms. The molecule has 1 unspecified atom stereocenters. The number of hydrogen-bond acceptors (Lipinski definition) is 4. The molecule has 1 aromatic carbocycles. The summed E-state index contributed by atoms with van der Waals surface area (Å²) in [5.41, 5.74) is 1.53. The molecule has 0 amide bonds. The van der Waals surface area contributed by atoms with E-state index in [4.69, 9.17) is 9.84 Å². The van der Waals surface area contributed by atoms with E-state index in [0.29, 0.717) is 5.69 Å². The SMILES string of the molecule is O=C(O)c1cc(-c2cccc(OC3CCSC3)c2)n[nH]1. The number of carbonyl (C=O) groups is 1. The smallest absolute Gasteiger partial charge is 0.353 e. The molecule has 5 nitrogen and oxygen atoms in total. The maximum atomic E-state index is 10.8. The number of aromatic amines is 1. The molecule has 0 aliphatic carbocycles. The average molecular weight is 290 g/mol. The molecule has 2 N–H and O–H groups in total. The van der Waals surface area contributed by atoms with Gasteiger partial charge in [0.05, 0.1) is 5.69 Å². The van der Waals surface area contributed by atoms with Crippen molar-refractivity contribution in [3.8, 4) is 17.0 Å². The number of aromatic nitrogens is 2. The molecule has 1 aromatic heterocycles. The second-order valence-corrected chi connectivity index (χ2v) is 5.75. The summed E-state index contributed by atoms with van der Waals surface area (Å²) in [6, 6.07) is 9.11. The van der Waals surface area contributed by atoms with Gasteiger partial charge in [0.25, 0.3) is 0 Å². The number of carboxylic acid groups (broad SMARTS) is 1. The highest BCUT2D eigenvalue weighted by Gasteiger charge is 2.17. The van der Waals surface area contributed by atoms with Crippen LogP contribution >= 0.6 is 11.8 Å². The fourth-order valence-corrected chi connectivity index (χ4v) is 3.20. The Kier molecular flexibility index (Phi) is 3.64. The molecule has 1 aliphatic rings. The van der Waals surface area contributed by atoms with E-state index < -0.39 is 5.97 Å². The van der Waals surface area contributed by atoms with Crippen molar-refractivity contribution in [1.82, 2.24) is 10.2 Å². The van der Waals surface area contributed by atoms with Crippen LogP contribution in [0.1, 0.15) is 16.9 Å². The predicted molar refractivity (Wildman–Crippen MR) is 77.3 cm³/mol. The third-order valence-corrected chi connectivity index (χ3v) is 4.26. The highest BCUT2D eigenvalue weighted by atomic mass is 32.2. The third-order valence-electron chi connectivity index (χ3n) is 3.13. The van der Waals surface area contributed by atoms with Crippen LogP contribution in [0.15, 0.2) is 30.3 Å². The number of aromatic carboxylic acids is 1. The number of hydrogen-bond donors (Lipinski definition) is 2. The fourth-order valence-electron chi connectivity index (χ4n) is 2.11. The molecule has 1 fully saturated rings. The van der Waals surface area contributed by atoms with Gasteiger partial charge in [-0.15, -0.1) is 0 Å². The Hall–Kier alpha value is -1.95. The summed E-state index contributed by atoms with van der Waals surface area (Å²) in [6.07, 6.45) is 1.34. The van der Waals surface area contributed by atoms with Crippen LogP contribution in [0.2, 0.25) is 0 Å². The predicted octanol–water partition coefficient (Wildman–Crippen LogP) is 2.66. The first-order valence-corrected chi connectivity index (χ1v) is 7.51. The van der Waals surface area contributed by atoms with E-state index in [1.165, 1.54) is 6.07 Å². The summed E-state index contributed by atoms with van der Waals surface area (Å²) in [6.45, 7) is 0. The van der Waals surface area contributed by atoms with Gasteiger partial charge in [0.2, 0.25) is 0 Å². The lowest BCUT2D eigenvalue weighted by Crippen LogP contribution is -2.14. The van der Waals surface area contributed by atoms with E-state index in [1.807, 2.05) is 36.0 Å². The minimum absolute atomic E-state index is 0.0820. The number of nitrogens with one attached hydrogen (secondary N) is 1. The van der Waals surface area contributed by atoms with Gasteiger partial charge in [0, 0.05) is 11.3 Å². The number of H-pyrrole nitrogens is 1. The Balaban J connectivity index is 1.80. The zero-order valence-electron chi connectivity index (χ0n) is 10.7. The molecular weight excluding hydrogens is 276 g/mol. The van der Waals surface area contributed by atoms with E-state index in [1.54, 1.807) is 0 Å². The van der Waals surface area contributed by atoms with Crippen LogP contribution in [0.4, 0.5) is 0 Å². The zero-order valence-corrected chi connectivity index (χ0v) is 11.5. The quantitative estimate of drug-likeness (QED) is 0.905. The van der Waals surface area contributed by atoms with E-state index in [2.05, 4.69) is 10.2 Å². The van der Waals surface area contributed by atoms with Crippen LogP contribution in [0.25, 0.3) is 11.3 Å². The van der Waals surface area contributed by atoms with Gasteiger partial charge in [-0.05, 0) is 30.4 Å². The Morgan fingerprint density at radius 2 is 2.35 bits per heavy atom. The van der Waals surface area contributed by atoms with Crippen molar-refractivity contribution in [1.29, 1.82) is 0 Å². The van der Waals surface area contributed by atoms with Crippen LogP contribution in [-0.4, -0.2) is 38.9 Å². The van der Waals surface area contributed by atoms with Crippen LogP contribution in [-0.2, 0) is 0 Å². The lowest BCUT2D eigenvalue weighted by atomic mass is 10.1. The largest absolute Gasteiger partial charge is 0.490 e. The molecule has 20 heavy (non-hydrogen) atoms. The first-order chi connectivity index (χ1) is 9.72. The number of carboxylic acids is 1. The van der Waals surface area contributed by atoms with Crippen molar-refractivity contribution in [2.75, 3.05) is 11.5 Å². The molecule has 6 heteroatoms. The summed E-state index contributed by atoms with van der Waals surface area (Å²) < 4.78 is 5.92. The number of thioether (sulfide) groups is 1. The van der Waals surface area contributed by atoms with Crippen molar-refractivity contribution in [3.63, 3.8) is 0 Å². The monoisotopic (exact) mass is 290 g/mol. The lowest BCUT2D eigenvalue weighted by molar-refractivity contribution is 0.0690. The minimum Gasteiger partial charge on any atom is -0.490 e. The molecule has 104 valence electrons. The van der Waals surface area contributed by atoms with Crippen LogP contribution < -0.4 is 4.74 Å². The maximum Gasteiger partial charge on any atom is 0.353 e. The molecule has 1 saturated heterocycles. The fraction of sp³-hybridized carbons (Fsp3) is 0.286. The first kappa shape index (κ1) is 13.1. The Bertz CT molecular complexity index is 620. The van der Waals surface area contributed by atoms with E-state index in [9.17, 15) is 4.79 Å². The van der Waals surface area contributed by atoms with Gasteiger partial charge in [-0.25, -0.2) is 4.79 Å². The summed E-state index contributed by atoms with van der Waals surface area (Å²) in [7, 11) is 0. The average Bonchev–Trinajstić information content (AvgIpc) is 3.09. The Morgan fingerprint density at radius 1 is 1.45 bits per heavy atom. The minimum atomic E-state index is -1.01. The first-order valence-electron chi connectivity index (χ1n) is 6.36. The van der Waals surface area contributed by atoms with Gasteiger partial charge in [0.1, 0.15) is 17.5 Å². The van der Waals surface area contributed by atoms with Crippen molar-refractivity contribution in [2.45, 2.75) is 12.5 Å². The molecule has 0 radical (unpaired) electrons. The summed E-state index contributed by atoms with van der Waals surface area (Å²) >= 11 is 1.90. The molecule has 1 aliphatic heterocycles. The molecule has 3 rings (SSSR count). The third kappa shape index (κ3) is 2.80. The van der Waals surface area contributed by atoms with Crippen molar-refractivity contribution < 1.29 is 14.6 Å². The van der Waals surface area contributed by atoms with Crippen molar-refractivity contribution >= 4 is 17.7 Å². The summed E-state index contributed by atoms with van der Waals surface area (Å²) in [4.78, 5) is 10.8. The van der Waals surface area contributed by atoms with Gasteiger partial charge < -0.3 is 9.84 Å². The highest BCUT2D eigenvalue weighted by Crippen LogP contribution is 2.26. The standard InChI is InChI=1S/C14H14N2O3S/c17-14(18)13-7-12(15-16-13)9-2-1-3-10(6-9)19-11-4-5-20-8-11/h1-3,6-7,11H,4-5,8H2,(H,15,16)(H,17,18). The van der Waals surface area contributed by atoms with Gasteiger partial charge in [-0.1, -0.05) is 12.1 Å². The highest BCUT2D eigenvalue weighted by molar-refractivity contribution is 7.99. The Morgan fingerprint density at radius 3 is 3.05 bits per heavy atom. The second kappa shape index (κ2) is 5.58. The van der Waals surface area contributed by atoms with E-state index >= 15 is 0 Å². The van der Waals surface area contributed by atoms with Crippen LogP contribution in [0.3, 0.4) is 0 Å². The number of nitrogens with zero attached hydrogens (tertiary/aromatic N) is 1. The molecule has 0 saturated carbocycles. The lowest BCUT2D eigenvalue weighted by Gasteiger charge is -2.12. The van der Waals surface area contributed by atoms with Crippen molar-refractivity contribution in [3.05, 3.63) is 36.0 Å². The number of rotatable bonds is 4. The molecule has 2 aromatic rings. The van der Waals surface area contributed by atoms with E-state index in [-0.39, 0.29) is 11.8 Å². The molecule has 0 bridgehead atoms. The summed E-state index contributed by atoms with van der Waals surface area (Å²) in [5, 5.41) is 15.4. The van der Waals surface area contributed by atoms with Crippen LogP contribution in [0.5, 0.6) is 5.75 Å². The van der Waals surface area contributed by atoms with Crippen LogP contribution in [0, 0.1) is 0 Å². The van der Waals surface area contributed by atoms with Gasteiger partial charge in [-0.3, -0.25) is 5.10 Å².